The van der Waals surface area contributed by atoms with Gasteiger partial charge in [0.15, 0.2) is 0 Å². The van der Waals surface area contributed by atoms with Crippen LogP contribution in [-0.4, -0.2) is 22.8 Å². The van der Waals surface area contributed by atoms with Crippen LogP contribution in [0.1, 0.15) is 48.7 Å². The number of benzene rings is 1. The number of carbonyl (C=O) groups is 2. The maximum absolute atomic E-state index is 12.7. The summed E-state index contributed by atoms with van der Waals surface area (Å²) in [7, 11) is 0. The summed E-state index contributed by atoms with van der Waals surface area (Å²) in [4.78, 5) is 22.4. The lowest BCUT2D eigenvalue weighted by Gasteiger charge is -2.19. The molecular weight excluding hydrogens is 284 g/mol. The van der Waals surface area contributed by atoms with Gasteiger partial charge in [0.2, 0.25) is 0 Å². The molecule has 0 spiro atoms. The maximum Gasteiger partial charge on any atom is 0.407 e. The summed E-state index contributed by atoms with van der Waals surface area (Å²) < 4.78 is 30.3. The summed E-state index contributed by atoms with van der Waals surface area (Å²) in [6.45, 7) is 5.09. The highest BCUT2D eigenvalue weighted by molar-refractivity contribution is 5.89. The lowest BCUT2D eigenvalue weighted by Crippen LogP contribution is -2.32. The van der Waals surface area contributed by atoms with Crippen molar-refractivity contribution in [2.45, 2.75) is 39.3 Å². The number of ether oxygens (including phenoxy) is 1. The molecule has 21 heavy (non-hydrogen) atoms. The molecule has 0 aromatic heterocycles. The van der Waals surface area contributed by atoms with Gasteiger partial charge < -0.3 is 15.2 Å². The molecule has 0 radical (unpaired) electrons. The Morgan fingerprint density at radius 2 is 1.95 bits per heavy atom. The van der Waals surface area contributed by atoms with E-state index in [2.05, 4.69) is 5.32 Å². The topological polar surface area (TPSA) is 75.6 Å². The average Bonchev–Trinajstić information content (AvgIpc) is 2.33. The number of rotatable bonds is 4. The van der Waals surface area contributed by atoms with Gasteiger partial charge in [0.05, 0.1) is 5.56 Å². The second kappa shape index (κ2) is 6.51. The molecule has 1 aromatic rings. The fourth-order valence-electron chi connectivity index (χ4n) is 1.58. The van der Waals surface area contributed by atoms with Gasteiger partial charge in [-0.1, -0.05) is 12.1 Å². The first-order valence-corrected chi connectivity index (χ1v) is 6.21. The quantitative estimate of drug-likeness (QED) is 0.894. The van der Waals surface area contributed by atoms with Gasteiger partial charge in [-0.3, -0.25) is 0 Å². The molecule has 0 aliphatic rings. The summed E-state index contributed by atoms with van der Waals surface area (Å²) in [5.74, 6) is -1.44. The van der Waals surface area contributed by atoms with Crippen molar-refractivity contribution in [3.05, 3.63) is 34.9 Å². The standard InChI is InChI=1S/C14H17F2NO4/c1-14(2,3)21-13(20)17-7-8-4-5-9(11(15)16)10(6-8)12(18)19/h4-6,11H,7H2,1-3H3,(H,17,20)(H,18,19). The molecule has 0 heterocycles. The summed E-state index contributed by atoms with van der Waals surface area (Å²) in [6, 6.07) is 3.49. The van der Waals surface area contributed by atoms with E-state index in [1.165, 1.54) is 6.07 Å². The van der Waals surface area contributed by atoms with E-state index in [0.29, 0.717) is 5.56 Å². The van der Waals surface area contributed by atoms with Crippen molar-refractivity contribution in [3.8, 4) is 0 Å². The summed E-state index contributed by atoms with van der Waals surface area (Å²) >= 11 is 0. The predicted octanol–water partition coefficient (Wildman–Crippen LogP) is 3.35. The minimum atomic E-state index is -2.87. The zero-order valence-corrected chi connectivity index (χ0v) is 11.9. The van der Waals surface area contributed by atoms with E-state index in [4.69, 9.17) is 9.84 Å². The van der Waals surface area contributed by atoms with Crippen molar-refractivity contribution in [2.75, 3.05) is 0 Å². The maximum atomic E-state index is 12.7. The first kappa shape index (κ1) is 16.9. The summed E-state index contributed by atoms with van der Waals surface area (Å²) in [5.41, 5.74) is -1.30. The number of hydrogen-bond donors (Lipinski definition) is 2. The Balaban J connectivity index is 2.79. The summed E-state index contributed by atoms with van der Waals surface area (Å²) in [5, 5.41) is 11.4. The molecule has 0 unspecified atom stereocenters. The number of nitrogens with one attached hydrogen (secondary N) is 1. The number of carboxylic acids is 1. The third kappa shape index (κ3) is 5.37. The van der Waals surface area contributed by atoms with Gasteiger partial charge in [-0.2, -0.15) is 0 Å². The Bertz CT molecular complexity index is 538. The molecule has 0 atom stereocenters. The van der Waals surface area contributed by atoms with Crippen LogP contribution in [0.25, 0.3) is 0 Å². The zero-order valence-electron chi connectivity index (χ0n) is 11.9. The van der Waals surface area contributed by atoms with Crippen molar-refractivity contribution in [2.24, 2.45) is 0 Å². The molecule has 0 saturated carbocycles. The molecule has 0 fully saturated rings. The van der Waals surface area contributed by atoms with Gasteiger partial charge in [0.25, 0.3) is 6.43 Å². The van der Waals surface area contributed by atoms with Crippen molar-refractivity contribution < 1.29 is 28.2 Å². The van der Waals surface area contributed by atoms with E-state index >= 15 is 0 Å². The largest absolute Gasteiger partial charge is 0.478 e. The minimum Gasteiger partial charge on any atom is -0.478 e. The van der Waals surface area contributed by atoms with Crippen LogP contribution in [0.15, 0.2) is 18.2 Å². The van der Waals surface area contributed by atoms with Gasteiger partial charge in [0, 0.05) is 12.1 Å². The second-order valence-electron chi connectivity index (χ2n) is 5.38. The first-order valence-electron chi connectivity index (χ1n) is 6.21. The van der Waals surface area contributed by atoms with E-state index in [1.807, 2.05) is 0 Å². The fraction of sp³-hybridized carbons (Fsp3) is 0.429. The Morgan fingerprint density at radius 3 is 2.43 bits per heavy atom. The Hall–Kier alpha value is -2.18. The van der Waals surface area contributed by atoms with Crippen molar-refractivity contribution in [3.63, 3.8) is 0 Å². The molecule has 0 aliphatic carbocycles. The van der Waals surface area contributed by atoms with Gasteiger partial charge in [0.1, 0.15) is 5.60 Å². The smallest absolute Gasteiger partial charge is 0.407 e. The Morgan fingerprint density at radius 1 is 1.33 bits per heavy atom. The SMILES string of the molecule is CC(C)(C)OC(=O)NCc1ccc(C(F)F)c(C(=O)O)c1. The van der Waals surface area contributed by atoms with E-state index in [0.717, 1.165) is 12.1 Å². The molecule has 1 aromatic carbocycles. The van der Waals surface area contributed by atoms with E-state index < -0.39 is 35.2 Å². The molecule has 0 bridgehead atoms. The van der Waals surface area contributed by atoms with E-state index in [1.54, 1.807) is 20.8 Å². The van der Waals surface area contributed by atoms with Crippen LogP contribution in [-0.2, 0) is 11.3 Å². The number of aromatic carboxylic acids is 1. The number of halogens is 2. The highest BCUT2D eigenvalue weighted by Crippen LogP contribution is 2.24. The van der Waals surface area contributed by atoms with E-state index in [9.17, 15) is 18.4 Å². The average molecular weight is 301 g/mol. The minimum absolute atomic E-state index is 0.0152. The molecule has 0 aliphatic heterocycles. The van der Waals surface area contributed by atoms with Gasteiger partial charge in [-0.05, 0) is 32.4 Å². The van der Waals surface area contributed by atoms with Crippen LogP contribution in [0.5, 0.6) is 0 Å². The van der Waals surface area contributed by atoms with Crippen LogP contribution < -0.4 is 5.32 Å². The molecule has 1 amide bonds. The highest BCUT2D eigenvalue weighted by atomic mass is 19.3. The molecule has 2 N–H and O–H groups in total. The predicted molar refractivity (Wildman–Crippen MR) is 71.4 cm³/mol. The van der Waals surface area contributed by atoms with Gasteiger partial charge >= 0.3 is 12.1 Å². The number of alkyl halides is 2. The van der Waals surface area contributed by atoms with Crippen LogP contribution in [0.2, 0.25) is 0 Å². The number of hydrogen-bond acceptors (Lipinski definition) is 3. The molecule has 116 valence electrons. The number of alkyl carbamates (subject to hydrolysis) is 1. The van der Waals surface area contributed by atoms with Gasteiger partial charge in [-0.15, -0.1) is 0 Å². The van der Waals surface area contributed by atoms with Crippen molar-refractivity contribution in [1.29, 1.82) is 0 Å². The number of amides is 1. The lowest BCUT2D eigenvalue weighted by atomic mass is 10.0. The first-order chi connectivity index (χ1) is 9.60. The lowest BCUT2D eigenvalue weighted by molar-refractivity contribution is 0.0523. The third-order valence-electron chi connectivity index (χ3n) is 2.42. The Labute approximate surface area is 120 Å². The van der Waals surface area contributed by atoms with E-state index in [-0.39, 0.29) is 6.54 Å². The van der Waals surface area contributed by atoms with Gasteiger partial charge in [-0.25, -0.2) is 18.4 Å². The van der Waals surface area contributed by atoms with Crippen LogP contribution in [0.4, 0.5) is 13.6 Å². The Kier molecular flexibility index (Phi) is 5.23. The highest BCUT2D eigenvalue weighted by Gasteiger charge is 2.19. The molecular formula is C14H17F2NO4. The molecule has 5 nitrogen and oxygen atoms in total. The third-order valence-corrected chi connectivity index (χ3v) is 2.42. The molecule has 1 rings (SSSR count). The van der Waals surface area contributed by atoms with Crippen molar-refractivity contribution in [1.82, 2.24) is 5.32 Å². The normalized spacial score (nSPS) is 11.3. The second-order valence-corrected chi connectivity index (χ2v) is 5.38. The van der Waals surface area contributed by atoms with Crippen LogP contribution in [0.3, 0.4) is 0 Å². The van der Waals surface area contributed by atoms with Crippen LogP contribution >= 0.6 is 0 Å². The zero-order chi connectivity index (χ0) is 16.2. The summed E-state index contributed by atoms with van der Waals surface area (Å²) in [6.07, 6.45) is -3.54. The van der Waals surface area contributed by atoms with Crippen molar-refractivity contribution >= 4 is 12.1 Å². The van der Waals surface area contributed by atoms with Crippen LogP contribution in [0, 0.1) is 0 Å². The fourth-order valence-corrected chi connectivity index (χ4v) is 1.58. The number of carbonyl (C=O) groups excluding carboxylic acids is 1. The number of carboxylic acid groups (broad SMARTS) is 1. The monoisotopic (exact) mass is 301 g/mol. The molecule has 0 saturated heterocycles. The molecule has 7 heteroatoms.